The largest absolute Gasteiger partial charge is 0.489 e. The van der Waals surface area contributed by atoms with E-state index in [0.29, 0.717) is 11.1 Å². The molecule has 1 aliphatic heterocycles. The maximum Gasteiger partial charge on any atom is 0.139 e. The molecule has 0 aliphatic carbocycles. The quantitative estimate of drug-likeness (QED) is 0.791. The molecule has 2 aromatic heterocycles. The van der Waals surface area contributed by atoms with Gasteiger partial charge in [-0.15, -0.1) is 0 Å². The molecule has 3 heterocycles. The second-order valence-corrected chi connectivity index (χ2v) is 6.46. The van der Waals surface area contributed by atoms with Gasteiger partial charge in [0.1, 0.15) is 17.5 Å². The second kappa shape index (κ2) is 5.87. The van der Waals surface area contributed by atoms with Gasteiger partial charge in [-0.1, -0.05) is 11.6 Å². The molecule has 1 aromatic carbocycles. The number of aromatic amines is 1. The summed E-state index contributed by atoms with van der Waals surface area (Å²) in [6, 6.07) is 12.0. The van der Waals surface area contributed by atoms with E-state index in [4.69, 9.17) is 16.3 Å². The van der Waals surface area contributed by atoms with Crippen molar-refractivity contribution in [2.45, 2.75) is 12.5 Å². The van der Waals surface area contributed by atoms with Crippen LogP contribution in [0.3, 0.4) is 0 Å². The standard InChI is InChI=1S/C18H18ClN3O/c1-22-9-7-14(11-22)23-13-4-2-12(3-5-13)17-10-15-16(19)6-8-20-18(15)21-17/h2-6,8,10,14H,7,9,11H2,1H3,(H,20,21)/t14-/m1/s1. The Bertz CT molecular complexity index is 828. The minimum atomic E-state index is 0.293. The van der Waals surface area contributed by atoms with E-state index >= 15 is 0 Å². The van der Waals surface area contributed by atoms with Crippen LogP contribution in [0.5, 0.6) is 5.75 Å². The Morgan fingerprint density at radius 1 is 1.26 bits per heavy atom. The summed E-state index contributed by atoms with van der Waals surface area (Å²) in [4.78, 5) is 9.91. The van der Waals surface area contributed by atoms with Gasteiger partial charge < -0.3 is 14.6 Å². The lowest BCUT2D eigenvalue weighted by atomic mass is 10.1. The topological polar surface area (TPSA) is 41.1 Å². The number of ether oxygens (including phenoxy) is 1. The summed E-state index contributed by atoms with van der Waals surface area (Å²) < 4.78 is 6.03. The van der Waals surface area contributed by atoms with Crippen molar-refractivity contribution in [1.82, 2.24) is 14.9 Å². The lowest BCUT2D eigenvalue weighted by Gasteiger charge is -2.13. The number of hydrogen-bond acceptors (Lipinski definition) is 3. The Labute approximate surface area is 140 Å². The first-order chi connectivity index (χ1) is 11.2. The van der Waals surface area contributed by atoms with Crippen molar-refractivity contribution in [3.63, 3.8) is 0 Å². The van der Waals surface area contributed by atoms with Gasteiger partial charge in [0.25, 0.3) is 0 Å². The summed E-state index contributed by atoms with van der Waals surface area (Å²) in [5.74, 6) is 0.918. The van der Waals surface area contributed by atoms with Crippen LogP contribution in [0.15, 0.2) is 42.6 Å². The Morgan fingerprint density at radius 3 is 2.78 bits per heavy atom. The normalized spacial score (nSPS) is 18.6. The molecular weight excluding hydrogens is 310 g/mol. The van der Waals surface area contributed by atoms with Crippen LogP contribution < -0.4 is 4.74 Å². The predicted molar refractivity (Wildman–Crippen MR) is 93.1 cm³/mol. The first-order valence-electron chi connectivity index (χ1n) is 7.78. The fraction of sp³-hybridized carbons (Fsp3) is 0.278. The first kappa shape index (κ1) is 14.5. The van der Waals surface area contributed by atoms with Crippen molar-refractivity contribution >= 4 is 22.6 Å². The number of likely N-dealkylation sites (tertiary alicyclic amines) is 1. The van der Waals surface area contributed by atoms with Gasteiger partial charge in [0.05, 0.1) is 5.02 Å². The van der Waals surface area contributed by atoms with Gasteiger partial charge in [-0.05, 0) is 55.4 Å². The zero-order valence-electron chi connectivity index (χ0n) is 12.9. The highest BCUT2D eigenvalue weighted by atomic mass is 35.5. The molecule has 1 saturated heterocycles. The molecule has 1 aliphatic rings. The molecule has 4 nitrogen and oxygen atoms in total. The number of pyridine rings is 1. The van der Waals surface area contributed by atoms with Crippen LogP contribution >= 0.6 is 11.6 Å². The molecule has 0 spiro atoms. The smallest absolute Gasteiger partial charge is 0.139 e. The lowest BCUT2D eigenvalue weighted by molar-refractivity contribution is 0.208. The third kappa shape index (κ3) is 2.92. The second-order valence-electron chi connectivity index (χ2n) is 6.05. The van der Waals surface area contributed by atoms with Crippen molar-refractivity contribution in [2.24, 2.45) is 0 Å². The SMILES string of the molecule is CN1CC[C@@H](Oc2ccc(-c3cc4c(Cl)ccnc4[nH]3)cc2)C1. The van der Waals surface area contributed by atoms with Gasteiger partial charge >= 0.3 is 0 Å². The van der Waals surface area contributed by atoms with Gasteiger partial charge in [0, 0.05) is 30.4 Å². The van der Waals surface area contributed by atoms with Crippen LogP contribution in [-0.4, -0.2) is 41.1 Å². The molecule has 0 radical (unpaired) electrons. The van der Waals surface area contributed by atoms with E-state index in [2.05, 4.69) is 34.0 Å². The number of halogens is 1. The Hall–Kier alpha value is -2.04. The molecule has 1 N–H and O–H groups in total. The van der Waals surface area contributed by atoms with Gasteiger partial charge in [0.15, 0.2) is 0 Å². The maximum absolute atomic E-state index is 6.21. The molecule has 23 heavy (non-hydrogen) atoms. The minimum absolute atomic E-state index is 0.293. The van der Waals surface area contributed by atoms with E-state index in [-0.39, 0.29) is 0 Å². The van der Waals surface area contributed by atoms with E-state index in [9.17, 15) is 0 Å². The van der Waals surface area contributed by atoms with Gasteiger partial charge in [0.2, 0.25) is 0 Å². The summed E-state index contributed by atoms with van der Waals surface area (Å²) in [6.45, 7) is 2.10. The molecule has 1 fully saturated rings. The highest BCUT2D eigenvalue weighted by Crippen LogP contribution is 2.29. The van der Waals surface area contributed by atoms with Crippen LogP contribution in [0.25, 0.3) is 22.3 Å². The third-order valence-electron chi connectivity index (χ3n) is 4.29. The summed E-state index contributed by atoms with van der Waals surface area (Å²) in [5.41, 5.74) is 2.91. The molecule has 5 heteroatoms. The highest BCUT2D eigenvalue weighted by Gasteiger charge is 2.20. The summed E-state index contributed by atoms with van der Waals surface area (Å²) in [5, 5.41) is 1.65. The Balaban J connectivity index is 1.56. The number of likely N-dealkylation sites (N-methyl/N-ethyl adjacent to an activating group) is 1. The monoisotopic (exact) mass is 327 g/mol. The highest BCUT2D eigenvalue weighted by molar-refractivity contribution is 6.35. The summed E-state index contributed by atoms with van der Waals surface area (Å²) in [7, 11) is 2.13. The Morgan fingerprint density at radius 2 is 2.09 bits per heavy atom. The van der Waals surface area contributed by atoms with Crippen molar-refractivity contribution < 1.29 is 4.74 Å². The molecule has 4 rings (SSSR count). The van der Waals surface area contributed by atoms with Gasteiger partial charge in [-0.2, -0.15) is 0 Å². The van der Waals surface area contributed by atoms with E-state index in [1.807, 2.05) is 18.2 Å². The molecule has 3 aromatic rings. The minimum Gasteiger partial charge on any atom is -0.489 e. The molecule has 118 valence electrons. The number of fused-ring (bicyclic) bond motifs is 1. The molecule has 0 bridgehead atoms. The fourth-order valence-electron chi connectivity index (χ4n) is 3.05. The zero-order valence-corrected chi connectivity index (χ0v) is 13.7. The number of benzene rings is 1. The number of hydrogen-bond donors (Lipinski definition) is 1. The molecule has 1 atom stereocenters. The van der Waals surface area contributed by atoms with Crippen LogP contribution in [0.4, 0.5) is 0 Å². The molecule has 0 amide bonds. The number of H-pyrrole nitrogens is 1. The Kier molecular flexibility index (Phi) is 3.71. The van der Waals surface area contributed by atoms with Crippen LogP contribution in [-0.2, 0) is 0 Å². The number of nitrogens with zero attached hydrogens (tertiary/aromatic N) is 2. The van der Waals surface area contributed by atoms with Crippen molar-refractivity contribution in [3.8, 4) is 17.0 Å². The van der Waals surface area contributed by atoms with Crippen molar-refractivity contribution in [3.05, 3.63) is 47.6 Å². The number of rotatable bonds is 3. The van der Waals surface area contributed by atoms with Crippen LogP contribution in [0.2, 0.25) is 5.02 Å². The average molecular weight is 328 g/mol. The van der Waals surface area contributed by atoms with E-state index in [1.165, 1.54) is 0 Å². The summed E-state index contributed by atoms with van der Waals surface area (Å²) in [6.07, 6.45) is 3.09. The van der Waals surface area contributed by atoms with Crippen LogP contribution in [0.1, 0.15) is 6.42 Å². The average Bonchev–Trinajstić information content (AvgIpc) is 3.15. The lowest BCUT2D eigenvalue weighted by Crippen LogP contribution is -2.21. The number of nitrogens with one attached hydrogen (secondary N) is 1. The van der Waals surface area contributed by atoms with Gasteiger partial charge in [-0.25, -0.2) is 4.98 Å². The van der Waals surface area contributed by atoms with Crippen LogP contribution in [0, 0.1) is 0 Å². The zero-order chi connectivity index (χ0) is 15.8. The third-order valence-corrected chi connectivity index (χ3v) is 4.62. The molecule has 0 saturated carbocycles. The van der Waals surface area contributed by atoms with E-state index < -0.39 is 0 Å². The fourth-order valence-corrected chi connectivity index (χ4v) is 3.25. The van der Waals surface area contributed by atoms with Gasteiger partial charge in [-0.3, -0.25) is 0 Å². The first-order valence-corrected chi connectivity index (χ1v) is 8.16. The summed E-state index contributed by atoms with van der Waals surface area (Å²) >= 11 is 6.21. The predicted octanol–water partition coefficient (Wildman–Crippen LogP) is 3.97. The number of aromatic nitrogens is 2. The van der Waals surface area contributed by atoms with Crippen molar-refractivity contribution in [1.29, 1.82) is 0 Å². The van der Waals surface area contributed by atoms with E-state index in [0.717, 1.165) is 47.6 Å². The maximum atomic E-state index is 6.21. The molecular formula is C18H18ClN3O. The van der Waals surface area contributed by atoms with Crippen molar-refractivity contribution in [2.75, 3.05) is 20.1 Å². The molecule has 0 unspecified atom stereocenters. The van der Waals surface area contributed by atoms with E-state index in [1.54, 1.807) is 12.3 Å².